The Morgan fingerprint density at radius 3 is 2.64 bits per heavy atom. The van der Waals surface area contributed by atoms with Gasteiger partial charge in [0.1, 0.15) is 5.75 Å². The van der Waals surface area contributed by atoms with Crippen LogP contribution >= 0.6 is 0 Å². The number of ether oxygens (including phenoxy) is 1. The van der Waals surface area contributed by atoms with Gasteiger partial charge in [-0.2, -0.15) is 5.10 Å². The molecule has 0 radical (unpaired) electrons. The lowest BCUT2D eigenvalue weighted by Gasteiger charge is -2.30. The maximum atomic E-state index is 12.7. The highest BCUT2D eigenvalue weighted by atomic mass is 16.5. The van der Waals surface area contributed by atoms with Crippen LogP contribution in [0.3, 0.4) is 0 Å². The Labute approximate surface area is 145 Å². The number of likely N-dealkylation sites (tertiary alicyclic amines) is 1. The molecule has 1 amide bonds. The van der Waals surface area contributed by atoms with E-state index in [1.807, 2.05) is 31.2 Å². The van der Waals surface area contributed by atoms with Crippen molar-refractivity contribution in [1.29, 1.82) is 0 Å². The molecule has 1 atom stereocenters. The number of hydrogen-bond donors (Lipinski definition) is 1. The van der Waals surface area contributed by atoms with Crippen LogP contribution in [0.15, 0.2) is 30.3 Å². The molecule has 1 aromatic carbocycles. The fraction of sp³-hybridized carbons (Fsp3) is 0.389. The second-order valence-corrected chi connectivity index (χ2v) is 6.21. The van der Waals surface area contributed by atoms with Crippen LogP contribution in [0.25, 0.3) is 5.69 Å². The van der Waals surface area contributed by atoms with Crippen LogP contribution in [0.4, 0.5) is 0 Å². The summed E-state index contributed by atoms with van der Waals surface area (Å²) in [4.78, 5) is 25.5. The highest BCUT2D eigenvalue weighted by Crippen LogP contribution is 2.21. The van der Waals surface area contributed by atoms with Crippen molar-refractivity contribution in [3.63, 3.8) is 0 Å². The number of methoxy groups -OCH3 is 1. The summed E-state index contributed by atoms with van der Waals surface area (Å²) < 4.78 is 6.85. The van der Waals surface area contributed by atoms with E-state index in [0.29, 0.717) is 25.1 Å². The van der Waals surface area contributed by atoms with Gasteiger partial charge in [0.15, 0.2) is 5.69 Å². The van der Waals surface area contributed by atoms with E-state index in [-0.39, 0.29) is 12.5 Å². The number of amides is 1. The van der Waals surface area contributed by atoms with E-state index in [9.17, 15) is 14.7 Å². The van der Waals surface area contributed by atoms with E-state index < -0.39 is 11.9 Å². The van der Waals surface area contributed by atoms with Gasteiger partial charge in [0.05, 0.1) is 18.7 Å². The van der Waals surface area contributed by atoms with E-state index in [4.69, 9.17) is 4.74 Å². The number of nitrogens with zero attached hydrogens (tertiary/aromatic N) is 3. The highest BCUT2D eigenvalue weighted by molar-refractivity contribution is 5.93. The minimum Gasteiger partial charge on any atom is -0.497 e. The molecule has 0 spiro atoms. The SMILES string of the molecule is COc1ccc(-n2nc(C(=O)N3CCC[C@H](C(=O)O)C3)cc2C)cc1. The minimum atomic E-state index is -0.850. The zero-order valence-electron chi connectivity index (χ0n) is 14.3. The first-order valence-electron chi connectivity index (χ1n) is 8.22. The topological polar surface area (TPSA) is 84.7 Å². The summed E-state index contributed by atoms with van der Waals surface area (Å²) in [6, 6.07) is 9.14. The van der Waals surface area contributed by atoms with Gasteiger partial charge < -0.3 is 14.7 Å². The summed E-state index contributed by atoms with van der Waals surface area (Å²) in [5, 5.41) is 13.6. The summed E-state index contributed by atoms with van der Waals surface area (Å²) in [6.45, 7) is 2.68. The smallest absolute Gasteiger partial charge is 0.308 e. The molecule has 0 bridgehead atoms. The van der Waals surface area contributed by atoms with Crippen LogP contribution in [-0.4, -0.2) is 51.9 Å². The second-order valence-electron chi connectivity index (χ2n) is 6.21. The Morgan fingerprint density at radius 2 is 2.00 bits per heavy atom. The molecular weight excluding hydrogens is 322 g/mol. The third kappa shape index (κ3) is 3.50. The Bertz CT molecular complexity index is 782. The molecule has 1 fully saturated rings. The normalized spacial score (nSPS) is 17.4. The molecule has 7 nitrogen and oxygen atoms in total. The largest absolute Gasteiger partial charge is 0.497 e. The van der Waals surface area contributed by atoms with Crippen LogP contribution in [0.2, 0.25) is 0 Å². The summed E-state index contributed by atoms with van der Waals surface area (Å²) in [5.74, 6) is -0.820. The first-order valence-corrected chi connectivity index (χ1v) is 8.22. The lowest BCUT2D eigenvalue weighted by Crippen LogP contribution is -2.42. The van der Waals surface area contributed by atoms with Gasteiger partial charge in [-0.15, -0.1) is 0 Å². The lowest BCUT2D eigenvalue weighted by atomic mass is 9.98. The first-order chi connectivity index (χ1) is 12.0. The zero-order valence-corrected chi connectivity index (χ0v) is 14.3. The summed E-state index contributed by atoms with van der Waals surface area (Å²) in [5.41, 5.74) is 2.00. The van der Waals surface area contributed by atoms with Crippen LogP contribution in [0, 0.1) is 12.8 Å². The molecule has 1 N–H and O–H groups in total. The highest BCUT2D eigenvalue weighted by Gasteiger charge is 2.29. The van der Waals surface area contributed by atoms with Crippen LogP contribution < -0.4 is 4.74 Å². The number of hydrogen-bond acceptors (Lipinski definition) is 4. The molecule has 2 heterocycles. The van der Waals surface area contributed by atoms with Gasteiger partial charge in [0, 0.05) is 18.8 Å². The van der Waals surface area contributed by atoms with Crippen LogP contribution in [0.1, 0.15) is 29.0 Å². The Morgan fingerprint density at radius 1 is 1.28 bits per heavy atom. The van der Waals surface area contributed by atoms with Crippen molar-refractivity contribution >= 4 is 11.9 Å². The van der Waals surface area contributed by atoms with E-state index in [0.717, 1.165) is 17.1 Å². The molecule has 1 saturated heterocycles. The number of carboxylic acids is 1. The van der Waals surface area contributed by atoms with Gasteiger partial charge in [-0.3, -0.25) is 9.59 Å². The van der Waals surface area contributed by atoms with Gasteiger partial charge >= 0.3 is 5.97 Å². The maximum Gasteiger partial charge on any atom is 0.308 e. The number of carbonyl (C=O) groups excluding carboxylic acids is 1. The molecule has 25 heavy (non-hydrogen) atoms. The van der Waals surface area contributed by atoms with Gasteiger partial charge in [-0.1, -0.05) is 0 Å². The van der Waals surface area contributed by atoms with Gasteiger partial charge in [0.25, 0.3) is 5.91 Å². The molecule has 3 rings (SSSR count). The third-order valence-electron chi connectivity index (χ3n) is 4.48. The molecule has 0 aliphatic carbocycles. The summed E-state index contributed by atoms with van der Waals surface area (Å²) in [6.07, 6.45) is 1.30. The van der Waals surface area contributed by atoms with E-state index in [1.165, 1.54) is 0 Å². The molecule has 1 aromatic heterocycles. The maximum absolute atomic E-state index is 12.7. The fourth-order valence-electron chi connectivity index (χ4n) is 3.09. The molecule has 2 aromatic rings. The number of piperidine rings is 1. The first kappa shape index (κ1) is 17.0. The van der Waals surface area contributed by atoms with Crippen molar-refractivity contribution in [3.8, 4) is 11.4 Å². The number of benzene rings is 1. The fourth-order valence-corrected chi connectivity index (χ4v) is 3.09. The Kier molecular flexibility index (Phi) is 4.74. The average molecular weight is 343 g/mol. The van der Waals surface area contributed by atoms with Crippen LogP contribution in [-0.2, 0) is 4.79 Å². The predicted molar refractivity (Wildman–Crippen MR) is 91.1 cm³/mol. The molecule has 1 aliphatic rings. The van der Waals surface area contributed by atoms with E-state index in [2.05, 4.69) is 5.10 Å². The summed E-state index contributed by atoms with van der Waals surface area (Å²) in [7, 11) is 1.61. The average Bonchev–Trinajstić information content (AvgIpc) is 3.03. The third-order valence-corrected chi connectivity index (χ3v) is 4.48. The quantitative estimate of drug-likeness (QED) is 0.919. The molecule has 1 aliphatic heterocycles. The van der Waals surface area contributed by atoms with E-state index in [1.54, 1.807) is 22.8 Å². The van der Waals surface area contributed by atoms with Crippen molar-refractivity contribution in [2.24, 2.45) is 5.92 Å². The molecular formula is C18H21N3O4. The Hall–Kier alpha value is -2.83. The zero-order chi connectivity index (χ0) is 18.0. The van der Waals surface area contributed by atoms with Crippen LogP contribution in [0.5, 0.6) is 5.75 Å². The molecule has 7 heteroatoms. The monoisotopic (exact) mass is 343 g/mol. The minimum absolute atomic E-state index is 0.221. The van der Waals surface area contributed by atoms with E-state index >= 15 is 0 Å². The van der Waals surface area contributed by atoms with Gasteiger partial charge in [0.2, 0.25) is 0 Å². The molecule has 0 saturated carbocycles. The number of aryl methyl sites for hydroxylation is 1. The van der Waals surface area contributed by atoms with Crippen molar-refractivity contribution in [1.82, 2.24) is 14.7 Å². The predicted octanol–water partition coefficient (Wildman–Crippen LogP) is 2.13. The van der Waals surface area contributed by atoms with Gasteiger partial charge in [-0.25, -0.2) is 4.68 Å². The number of carbonyl (C=O) groups is 2. The van der Waals surface area contributed by atoms with Gasteiger partial charge in [-0.05, 0) is 50.1 Å². The number of rotatable bonds is 4. The molecule has 0 unspecified atom stereocenters. The number of aromatic nitrogens is 2. The number of aliphatic carboxylic acids is 1. The van der Waals surface area contributed by atoms with Crippen molar-refractivity contribution in [2.45, 2.75) is 19.8 Å². The second kappa shape index (κ2) is 6.96. The van der Waals surface area contributed by atoms with Crippen molar-refractivity contribution in [2.75, 3.05) is 20.2 Å². The Balaban J connectivity index is 1.81. The standard InChI is InChI=1S/C18H21N3O4/c1-12-10-16(17(22)20-9-3-4-13(11-20)18(23)24)19-21(12)14-5-7-15(25-2)8-6-14/h5-8,10,13H,3-4,9,11H2,1-2H3,(H,23,24)/t13-/m0/s1. The lowest BCUT2D eigenvalue weighted by molar-refractivity contribution is -0.143. The number of carboxylic acid groups (broad SMARTS) is 1. The van der Waals surface area contributed by atoms with Crippen molar-refractivity contribution in [3.05, 3.63) is 41.7 Å². The summed E-state index contributed by atoms with van der Waals surface area (Å²) >= 11 is 0. The van der Waals surface area contributed by atoms with Crippen molar-refractivity contribution < 1.29 is 19.4 Å². The molecule has 132 valence electrons.